The number of morpholine rings is 1. The molecular weight excluding hydrogens is 258 g/mol. The third-order valence-electron chi connectivity index (χ3n) is 3.58. The molecular formula is C14H21N3O3. The van der Waals surface area contributed by atoms with E-state index in [2.05, 4.69) is 21.9 Å². The Morgan fingerprint density at radius 2 is 2.05 bits per heavy atom. The fourth-order valence-electron chi connectivity index (χ4n) is 2.44. The van der Waals surface area contributed by atoms with E-state index in [1.165, 1.54) is 0 Å². The summed E-state index contributed by atoms with van der Waals surface area (Å²) in [5, 5.41) is 8.78. The number of likely N-dealkylation sites (N-methyl/N-ethyl adjacent to an activating group) is 1. The van der Waals surface area contributed by atoms with Gasteiger partial charge in [-0.05, 0) is 32.9 Å². The van der Waals surface area contributed by atoms with Gasteiger partial charge >= 0.3 is 5.97 Å². The van der Waals surface area contributed by atoms with Crippen LogP contribution in [0.1, 0.15) is 35.3 Å². The molecule has 0 spiro atoms. The van der Waals surface area contributed by atoms with Gasteiger partial charge in [0.15, 0.2) is 5.82 Å². The average Bonchev–Trinajstić information content (AvgIpc) is 2.37. The van der Waals surface area contributed by atoms with Gasteiger partial charge in [-0.3, -0.25) is 4.79 Å². The molecule has 1 saturated heterocycles. The van der Waals surface area contributed by atoms with Crippen molar-refractivity contribution in [1.29, 1.82) is 0 Å². The second-order valence-electron chi connectivity index (χ2n) is 5.25. The highest BCUT2D eigenvalue weighted by molar-refractivity contribution is 5.67. The number of carboxylic acid groups (broad SMARTS) is 1. The molecule has 2 rings (SSSR count). The number of aromatic nitrogens is 2. The van der Waals surface area contributed by atoms with Crippen LogP contribution in [0.2, 0.25) is 0 Å². The number of rotatable bonds is 4. The van der Waals surface area contributed by atoms with Gasteiger partial charge in [0.05, 0.1) is 6.61 Å². The van der Waals surface area contributed by atoms with Crippen molar-refractivity contribution in [2.45, 2.75) is 32.8 Å². The van der Waals surface area contributed by atoms with Crippen LogP contribution in [0.15, 0.2) is 0 Å². The van der Waals surface area contributed by atoms with Crippen molar-refractivity contribution in [2.75, 3.05) is 26.7 Å². The van der Waals surface area contributed by atoms with Crippen molar-refractivity contribution in [1.82, 2.24) is 14.9 Å². The summed E-state index contributed by atoms with van der Waals surface area (Å²) in [7, 11) is 2.05. The van der Waals surface area contributed by atoms with Crippen LogP contribution in [0.5, 0.6) is 0 Å². The van der Waals surface area contributed by atoms with Gasteiger partial charge in [0, 0.05) is 30.9 Å². The third-order valence-corrected chi connectivity index (χ3v) is 3.58. The smallest absolute Gasteiger partial charge is 0.303 e. The number of nitrogens with zero attached hydrogens (tertiary/aromatic N) is 3. The lowest BCUT2D eigenvalue weighted by atomic mass is 10.1. The van der Waals surface area contributed by atoms with Crippen LogP contribution in [0, 0.1) is 13.8 Å². The first-order valence-corrected chi connectivity index (χ1v) is 6.83. The first-order valence-electron chi connectivity index (χ1n) is 6.83. The minimum absolute atomic E-state index is 0.0975. The Morgan fingerprint density at radius 1 is 1.40 bits per heavy atom. The molecule has 1 atom stereocenters. The highest BCUT2D eigenvalue weighted by Crippen LogP contribution is 2.21. The van der Waals surface area contributed by atoms with Crippen LogP contribution >= 0.6 is 0 Å². The third kappa shape index (κ3) is 3.52. The largest absolute Gasteiger partial charge is 0.481 e. The molecule has 6 nitrogen and oxygen atoms in total. The second kappa shape index (κ2) is 6.28. The number of ether oxygens (including phenoxy) is 1. The van der Waals surface area contributed by atoms with E-state index in [1.807, 2.05) is 13.8 Å². The molecule has 0 radical (unpaired) electrons. The van der Waals surface area contributed by atoms with Crippen LogP contribution in [0.3, 0.4) is 0 Å². The Hall–Kier alpha value is -1.53. The van der Waals surface area contributed by atoms with E-state index in [-0.39, 0.29) is 12.5 Å². The topological polar surface area (TPSA) is 75.5 Å². The van der Waals surface area contributed by atoms with Gasteiger partial charge < -0.3 is 14.7 Å². The monoisotopic (exact) mass is 279 g/mol. The molecule has 1 aromatic rings. The fraction of sp³-hybridized carbons (Fsp3) is 0.643. The van der Waals surface area contributed by atoms with E-state index < -0.39 is 5.97 Å². The Morgan fingerprint density at radius 3 is 2.60 bits per heavy atom. The molecule has 20 heavy (non-hydrogen) atoms. The Balaban J connectivity index is 2.18. The van der Waals surface area contributed by atoms with Gasteiger partial charge in [-0.25, -0.2) is 9.97 Å². The molecule has 0 aromatic carbocycles. The Labute approximate surface area is 118 Å². The Bertz CT molecular complexity index is 481. The zero-order valence-electron chi connectivity index (χ0n) is 12.2. The molecule has 1 aliphatic heterocycles. The molecule has 6 heteroatoms. The molecule has 1 fully saturated rings. The summed E-state index contributed by atoms with van der Waals surface area (Å²) in [6, 6.07) is 0. The Kier molecular flexibility index (Phi) is 4.67. The van der Waals surface area contributed by atoms with Gasteiger partial charge in [0.25, 0.3) is 0 Å². The molecule has 0 amide bonds. The quantitative estimate of drug-likeness (QED) is 0.890. The molecule has 0 bridgehead atoms. The van der Waals surface area contributed by atoms with Crippen LogP contribution in [0.25, 0.3) is 0 Å². The number of hydrogen-bond donors (Lipinski definition) is 1. The molecule has 1 aliphatic rings. The van der Waals surface area contributed by atoms with Crippen molar-refractivity contribution < 1.29 is 14.6 Å². The zero-order valence-corrected chi connectivity index (χ0v) is 12.2. The van der Waals surface area contributed by atoms with Crippen LogP contribution < -0.4 is 0 Å². The molecule has 2 heterocycles. The van der Waals surface area contributed by atoms with Gasteiger partial charge in [-0.1, -0.05) is 0 Å². The maximum absolute atomic E-state index is 10.7. The normalized spacial score (nSPS) is 20.1. The lowest BCUT2D eigenvalue weighted by molar-refractivity contribution is -0.136. The second-order valence-corrected chi connectivity index (χ2v) is 5.25. The molecule has 0 saturated carbocycles. The minimum atomic E-state index is -0.801. The van der Waals surface area contributed by atoms with E-state index in [0.717, 1.165) is 30.0 Å². The van der Waals surface area contributed by atoms with E-state index in [9.17, 15) is 4.79 Å². The van der Waals surface area contributed by atoms with E-state index in [4.69, 9.17) is 9.84 Å². The predicted octanol–water partition coefficient (Wildman–Crippen LogP) is 1.11. The summed E-state index contributed by atoms with van der Waals surface area (Å²) in [5.74, 6) is -0.101. The highest BCUT2D eigenvalue weighted by Gasteiger charge is 2.23. The summed E-state index contributed by atoms with van der Waals surface area (Å²) < 4.78 is 5.72. The van der Waals surface area contributed by atoms with E-state index in [0.29, 0.717) is 18.9 Å². The van der Waals surface area contributed by atoms with Crippen LogP contribution in [-0.2, 0) is 16.0 Å². The number of carboxylic acids is 1. The molecule has 110 valence electrons. The van der Waals surface area contributed by atoms with Gasteiger partial charge in [0.2, 0.25) is 0 Å². The summed E-state index contributed by atoms with van der Waals surface area (Å²) >= 11 is 0. The average molecular weight is 279 g/mol. The van der Waals surface area contributed by atoms with Gasteiger partial charge in [-0.15, -0.1) is 0 Å². The highest BCUT2D eigenvalue weighted by atomic mass is 16.5. The molecule has 1 aromatic heterocycles. The fourth-order valence-corrected chi connectivity index (χ4v) is 2.44. The first kappa shape index (κ1) is 14.9. The van der Waals surface area contributed by atoms with Crippen LogP contribution in [-0.4, -0.2) is 52.7 Å². The van der Waals surface area contributed by atoms with Crippen molar-refractivity contribution in [3.63, 3.8) is 0 Å². The van der Waals surface area contributed by atoms with Crippen molar-refractivity contribution in [3.05, 3.63) is 22.8 Å². The molecule has 0 aliphatic carbocycles. The summed E-state index contributed by atoms with van der Waals surface area (Å²) in [6.45, 7) is 6.20. The number of hydrogen-bond acceptors (Lipinski definition) is 5. The summed E-state index contributed by atoms with van der Waals surface area (Å²) in [6.07, 6.45) is 0.478. The zero-order chi connectivity index (χ0) is 14.7. The summed E-state index contributed by atoms with van der Waals surface area (Å²) in [4.78, 5) is 21.9. The maximum atomic E-state index is 10.7. The minimum Gasteiger partial charge on any atom is -0.481 e. The standard InChI is InChI=1S/C14H21N3O3/c1-9-11(4-5-13(18)19)10(2)16-14(15-9)12-8-17(3)6-7-20-12/h12H,4-8H2,1-3H3,(H,18,19). The predicted molar refractivity (Wildman–Crippen MR) is 73.7 cm³/mol. The number of aryl methyl sites for hydroxylation is 2. The van der Waals surface area contributed by atoms with Crippen molar-refractivity contribution >= 4 is 5.97 Å². The van der Waals surface area contributed by atoms with E-state index in [1.54, 1.807) is 0 Å². The lowest BCUT2D eigenvalue weighted by Crippen LogP contribution is -2.36. The molecule has 1 unspecified atom stereocenters. The lowest BCUT2D eigenvalue weighted by Gasteiger charge is -2.29. The molecule has 1 N–H and O–H groups in total. The van der Waals surface area contributed by atoms with Crippen LogP contribution in [0.4, 0.5) is 0 Å². The van der Waals surface area contributed by atoms with Crippen molar-refractivity contribution in [2.24, 2.45) is 0 Å². The van der Waals surface area contributed by atoms with E-state index >= 15 is 0 Å². The number of carbonyl (C=O) groups is 1. The SMILES string of the molecule is Cc1nc(C2CN(C)CCO2)nc(C)c1CCC(=O)O. The van der Waals surface area contributed by atoms with Gasteiger partial charge in [-0.2, -0.15) is 0 Å². The van der Waals surface area contributed by atoms with Gasteiger partial charge in [0.1, 0.15) is 6.10 Å². The number of aliphatic carboxylic acids is 1. The van der Waals surface area contributed by atoms with Crippen molar-refractivity contribution in [3.8, 4) is 0 Å². The first-order chi connectivity index (χ1) is 9.47. The maximum Gasteiger partial charge on any atom is 0.303 e. The summed E-state index contributed by atoms with van der Waals surface area (Å²) in [5.41, 5.74) is 2.64.